The van der Waals surface area contributed by atoms with Gasteiger partial charge in [-0.3, -0.25) is 4.79 Å². The fourth-order valence-corrected chi connectivity index (χ4v) is 1.72. The molecule has 0 unspecified atom stereocenters. The van der Waals surface area contributed by atoms with Crippen LogP contribution in [0.3, 0.4) is 0 Å². The number of methoxy groups -OCH3 is 1. The molecule has 21 heavy (non-hydrogen) atoms. The highest BCUT2D eigenvalue weighted by molar-refractivity contribution is 5.86. The average Bonchev–Trinajstić information content (AvgIpc) is 2.42. The molecule has 118 valence electrons. The van der Waals surface area contributed by atoms with Crippen molar-refractivity contribution in [2.75, 3.05) is 7.11 Å². The summed E-state index contributed by atoms with van der Waals surface area (Å²) in [5.74, 6) is -6.67. The van der Waals surface area contributed by atoms with Crippen molar-refractivity contribution in [2.24, 2.45) is 0 Å². The monoisotopic (exact) mass is 310 g/mol. The molecule has 0 aromatic heterocycles. The van der Waals surface area contributed by atoms with Gasteiger partial charge in [0.1, 0.15) is 5.75 Å². The van der Waals surface area contributed by atoms with Crippen molar-refractivity contribution in [1.29, 1.82) is 0 Å². The second-order valence-corrected chi connectivity index (χ2v) is 4.55. The fraction of sp³-hybridized carbons (Fsp3) is 0.500. The zero-order valence-corrected chi connectivity index (χ0v) is 11.3. The largest absolute Gasteiger partial charge is 0.497 e. The number of hydrogen-bond acceptors (Lipinski definition) is 2. The number of ether oxygens (including phenoxy) is 1. The number of halogens is 5. The Morgan fingerprint density at radius 3 is 2.10 bits per heavy atom. The molecule has 0 bridgehead atoms. The topological polar surface area (TPSA) is 26.3 Å². The van der Waals surface area contributed by atoms with E-state index < -0.39 is 24.3 Å². The molecule has 1 aromatic rings. The van der Waals surface area contributed by atoms with Crippen LogP contribution in [0.15, 0.2) is 24.3 Å². The minimum atomic E-state index is -5.82. The lowest BCUT2D eigenvalue weighted by atomic mass is 10.0. The van der Waals surface area contributed by atoms with E-state index in [9.17, 15) is 26.7 Å². The average molecular weight is 310 g/mol. The van der Waals surface area contributed by atoms with E-state index in [4.69, 9.17) is 4.74 Å². The van der Waals surface area contributed by atoms with Crippen LogP contribution in [-0.4, -0.2) is 25.0 Å². The maximum atomic E-state index is 12.7. The van der Waals surface area contributed by atoms with Gasteiger partial charge in [-0.05, 0) is 37.0 Å². The van der Waals surface area contributed by atoms with Gasteiger partial charge in [0.15, 0.2) is 0 Å². The highest BCUT2D eigenvalue weighted by Crippen LogP contribution is 2.37. The standard InChI is InChI=1S/C14H15F5O2/c1-21-11-8-6-10(7-9-11)4-2-3-5-12(20)13(15,16)14(17,18)19/h6-9H,2-5H2,1H3. The van der Waals surface area contributed by atoms with Gasteiger partial charge in [0.05, 0.1) is 7.11 Å². The first-order chi connectivity index (χ1) is 9.68. The van der Waals surface area contributed by atoms with Gasteiger partial charge < -0.3 is 4.74 Å². The van der Waals surface area contributed by atoms with Crippen LogP contribution in [0.25, 0.3) is 0 Å². The zero-order chi connectivity index (χ0) is 16.1. The lowest BCUT2D eigenvalue weighted by molar-refractivity contribution is -0.268. The van der Waals surface area contributed by atoms with Gasteiger partial charge in [-0.25, -0.2) is 0 Å². The highest BCUT2D eigenvalue weighted by Gasteiger charge is 2.62. The van der Waals surface area contributed by atoms with Crippen molar-refractivity contribution in [1.82, 2.24) is 0 Å². The van der Waals surface area contributed by atoms with Crippen LogP contribution in [0.4, 0.5) is 22.0 Å². The summed E-state index contributed by atoms with van der Waals surface area (Å²) < 4.78 is 66.1. The molecule has 0 saturated heterocycles. The van der Waals surface area contributed by atoms with Crippen molar-refractivity contribution in [3.8, 4) is 5.75 Å². The quantitative estimate of drug-likeness (QED) is 0.558. The van der Waals surface area contributed by atoms with E-state index in [-0.39, 0.29) is 6.42 Å². The Morgan fingerprint density at radius 1 is 1.05 bits per heavy atom. The number of carbonyl (C=O) groups excluding carboxylic acids is 1. The van der Waals surface area contributed by atoms with Crippen LogP contribution >= 0.6 is 0 Å². The summed E-state index contributed by atoms with van der Waals surface area (Å²) in [4.78, 5) is 10.9. The summed E-state index contributed by atoms with van der Waals surface area (Å²) >= 11 is 0. The van der Waals surface area contributed by atoms with Crippen molar-refractivity contribution in [3.63, 3.8) is 0 Å². The summed E-state index contributed by atoms with van der Waals surface area (Å²) in [6.45, 7) is 0. The molecule has 0 aliphatic rings. The Hall–Kier alpha value is -1.66. The molecule has 0 saturated carbocycles. The number of Topliss-reactive ketones (excluding diaryl/α,β-unsaturated/α-hetero) is 1. The smallest absolute Gasteiger partial charge is 0.461 e. The molecule has 7 heteroatoms. The summed E-state index contributed by atoms with van der Waals surface area (Å²) in [6, 6.07) is 6.98. The van der Waals surface area contributed by atoms with E-state index in [1.807, 2.05) is 0 Å². The van der Waals surface area contributed by atoms with Crippen LogP contribution in [-0.2, 0) is 11.2 Å². The molecule has 0 aliphatic carbocycles. The van der Waals surface area contributed by atoms with E-state index in [0.29, 0.717) is 18.6 Å². The van der Waals surface area contributed by atoms with Crippen molar-refractivity contribution < 1.29 is 31.5 Å². The van der Waals surface area contributed by atoms with E-state index in [1.54, 1.807) is 24.3 Å². The molecular weight excluding hydrogens is 295 g/mol. The van der Waals surface area contributed by atoms with Crippen molar-refractivity contribution >= 4 is 5.78 Å². The van der Waals surface area contributed by atoms with Crippen LogP contribution < -0.4 is 4.74 Å². The molecular formula is C14H15F5O2. The number of unbranched alkanes of at least 4 members (excludes halogenated alkanes) is 1. The molecule has 0 fully saturated rings. The number of alkyl halides is 5. The summed E-state index contributed by atoms with van der Waals surface area (Å²) in [7, 11) is 1.52. The molecule has 0 amide bonds. The summed E-state index contributed by atoms with van der Waals surface area (Å²) in [6.07, 6.45) is -5.78. The number of carbonyl (C=O) groups is 1. The Morgan fingerprint density at radius 2 is 1.62 bits per heavy atom. The molecule has 0 N–H and O–H groups in total. The Bertz CT molecular complexity index is 465. The molecule has 0 spiro atoms. The normalized spacial score (nSPS) is 12.3. The van der Waals surface area contributed by atoms with E-state index in [1.165, 1.54) is 7.11 Å². The maximum Gasteiger partial charge on any atom is 0.461 e. The minimum absolute atomic E-state index is 0.0173. The van der Waals surface area contributed by atoms with Gasteiger partial charge in [-0.15, -0.1) is 0 Å². The van der Waals surface area contributed by atoms with Crippen LogP contribution in [0.5, 0.6) is 5.75 Å². The lowest BCUT2D eigenvalue weighted by Gasteiger charge is -2.17. The Labute approximate surface area is 118 Å². The predicted octanol–water partition coefficient (Wildman–Crippen LogP) is 4.17. The first kappa shape index (κ1) is 17.4. The molecule has 0 aliphatic heterocycles. The molecule has 0 atom stereocenters. The first-order valence-electron chi connectivity index (χ1n) is 6.29. The predicted molar refractivity (Wildman–Crippen MR) is 66.6 cm³/mol. The SMILES string of the molecule is COc1ccc(CCCCC(=O)C(F)(F)C(F)(F)F)cc1. The first-order valence-corrected chi connectivity index (χ1v) is 6.29. The van der Waals surface area contributed by atoms with Gasteiger partial charge in [-0.1, -0.05) is 12.1 Å². The third-order valence-electron chi connectivity index (χ3n) is 2.98. The Kier molecular flexibility index (Phi) is 5.69. The second kappa shape index (κ2) is 6.87. The van der Waals surface area contributed by atoms with Gasteiger partial charge >= 0.3 is 12.1 Å². The third-order valence-corrected chi connectivity index (χ3v) is 2.98. The third kappa shape index (κ3) is 4.68. The van der Waals surface area contributed by atoms with Crippen LogP contribution in [0.2, 0.25) is 0 Å². The maximum absolute atomic E-state index is 12.7. The van der Waals surface area contributed by atoms with E-state index in [2.05, 4.69) is 0 Å². The number of aryl methyl sites for hydroxylation is 1. The van der Waals surface area contributed by atoms with E-state index in [0.717, 1.165) is 5.56 Å². The van der Waals surface area contributed by atoms with Gasteiger partial charge in [0.2, 0.25) is 5.78 Å². The van der Waals surface area contributed by atoms with Gasteiger partial charge in [-0.2, -0.15) is 22.0 Å². The molecule has 1 aromatic carbocycles. The minimum Gasteiger partial charge on any atom is -0.497 e. The second-order valence-electron chi connectivity index (χ2n) is 4.55. The van der Waals surface area contributed by atoms with Crippen LogP contribution in [0, 0.1) is 0 Å². The van der Waals surface area contributed by atoms with Crippen molar-refractivity contribution in [3.05, 3.63) is 29.8 Å². The number of rotatable bonds is 7. The van der Waals surface area contributed by atoms with Gasteiger partial charge in [0, 0.05) is 6.42 Å². The van der Waals surface area contributed by atoms with E-state index >= 15 is 0 Å². The summed E-state index contributed by atoms with van der Waals surface area (Å²) in [5, 5.41) is 0. The zero-order valence-electron chi connectivity index (χ0n) is 11.3. The number of benzene rings is 1. The highest BCUT2D eigenvalue weighted by atomic mass is 19.4. The number of ketones is 1. The fourth-order valence-electron chi connectivity index (χ4n) is 1.72. The number of hydrogen-bond donors (Lipinski definition) is 0. The molecule has 0 heterocycles. The lowest BCUT2D eigenvalue weighted by Crippen LogP contribution is -2.43. The molecule has 2 nitrogen and oxygen atoms in total. The summed E-state index contributed by atoms with van der Waals surface area (Å²) in [5.41, 5.74) is 0.894. The van der Waals surface area contributed by atoms with Crippen molar-refractivity contribution in [2.45, 2.75) is 37.8 Å². The Balaban J connectivity index is 2.38. The van der Waals surface area contributed by atoms with Gasteiger partial charge in [0.25, 0.3) is 0 Å². The molecule has 1 rings (SSSR count). The van der Waals surface area contributed by atoms with Crippen LogP contribution in [0.1, 0.15) is 24.8 Å². The molecule has 0 radical (unpaired) electrons.